The molecule has 11 heteroatoms. The Morgan fingerprint density at radius 2 is 1.68 bits per heavy atom. The molecule has 1 aliphatic heterocycles. The highest BCUT2D eigenvalue weighted by molar-refractivity contribution is 6.39. The van der Waals surface area contributed by atoms with Crippen LogP contribution in [0.5, 0.6) is 11.5 Å². The fraction of sp³-hybridized carbons (Fsp3) is 0.148. The van der Waals surface area contributed by atoms with E-state index >= 15 is 0 Å². The first-order chi connectivity index (χ1) is 18.1. The predicted molar refractivity (Wildman–Crippen MR) is 140 cm³/mol. The smallest absolute Gasteiger partial charge is 0.335 e. The van der Waals surface area contributed by atoms with Gasteiger partial charge in [0.25, 0.3) is 17.5 Å². The fourth-order valence-electron chi connectivity index (χ4n) is 4.05. The zero-order valence-corrected chi connectivity index (χ0v) is 21.4. The fourth-order valence-corrected chi connectivity index (χ4v) is 4.33. The predicted octanol–water partition coefficient (Wildman–Crippen LogP) is 5.12. The number of urea groups is 1. The molecule has 1 saturated heterocycles. The van der Waals surface area contributed by atoms with E-state index in [-0.39, 0.29) is 40.1 Å². The molecule has 38 heavy (non-hydrogen) atoms. The first-order valence-corrected chi connectivity index (χ1v) is 11.7. The summed E-state index contributed by atoms with van der Waals surface area (Å²) >= 11 is 6.48. The van der Waals surface area contributed by atoms with E-state index in [4.69, 9.17) is 21.1 Å². The summed E-state index contributed by atoms with van der Waals surface area (Å²) in [6, 6.07) is 12.9. The van der Waals surface area contributed by atoms with Gasteiger partial charge in [0.15, 0.2) is 11.5 Å². The first-order valence-electron chi connectivity index (χ1n) is 11.3. The van der Waals surface area contributed by atoms with Gasteiger partial charge in [0.2, 0.25) is 0 Å². The molecule has 3 aromatic carbocycles. The number of amides is 4. The van der Waals surface area contributed by atoms with Crippen molar-refractivity contribution in [3.05, 3.63) is 97.6 Å². The highest BCUT2D eigenvalue weighted by Crippen LogP contribution is 2.38. The summed E-state index contributed by atoms with van der Waals surface area (Å²) < 4.78 is 11.4. The Morgan fingerprint density at radius 1 is 1.03 bits per heavy atom. The number of nitro groups is 1. The SMILES string of the molecule is COc1cc(/C=C2\C(=O)NC(=O)N(c3ccc([N+](=O)[O-])cc3)C2=O)cc(Cl)c1OCc1cc(C)cc(C)c1. The molecule has 0 bridgehead atoms. The molecule has 1 N–H and O–H groups in total. The van der Waals surface area contributed by atoms with E-state index in [2.05, 4.69) is 11.4 Å². The van der Waals surface area contributed by atoms with E-state index in [1.54, 1.807) is 6.07 Å². The molecule has 0 saturated carbocycles. The van der Waals surface area contributed by atoms with Crippen molar-refractivity contribution in [3.8, 4) is 11.5 Å². The zero-order valence-electron chi connectivity index (χ0n) is 20.6. The summed E-state index contributed by atoms with van der Waals surface area (Å²) in [6.07, 6.45) is 1.27. The van der Waals surface area contributed by atoms with Gasteiger partial charge in [0.1, 0.15) is 12.2 Å². The summed E-state index contributed by atoms with van der Waals surface area (Å²) in [4.78, 5) is 49.1. The van der Waals surface area contributed by atoms with Crippen molar-refractivity contribution in [1.82, 2.24) is 5.32 Å². The number of barbiturate groups is 1. The Morgan fingerprint density at radius 3 is 2.29 bits per heavy atom. The van der Waals surface area contributed by atoms with E-state index in [9.17, 15) is 24.5 Å². The molecule has 3 aromatic rings. The summed E-state index contributed by atoms with van der Waals surface area (Å²) in [6.45, 7) is 4.23. The molecule has 4 rings (SSSR count). The Hall–Kier alpha value is -4.70. The van der Waals surface area contributed by atoms with Crippen LogP contribution in [-0.2, 0) is 16.2 Å². The van der Waals surface area contributed by atoms with Crippen molar-refractivity contribution < 1.29 is 28.8 Å². The lowest BCUT2D eigenvalue weighted by molar-refractivity contribution is -0.384. The number of nitrogens with zero attached hydrogens (tertiary/aromatic N) is 2. The topological polar surface area (TPSA) is 128 Å². The Kier molecular flexibility index (Phi) is 7.45. The molecule has 10 nitrogen and oxygen atoms in total. The maximum atomic E-state index is 13.1. The number of hydrogen-bond donors (Lipinski definition) is 1. The molecule has 0 unspecified atom stereocenters. The number of aryl methyl sites for hydroxylation is 2. The van der Waals surface area contributed by atoms with Crippen molar-refractivity contribution in [2.24, 2.45) is 0 Å². The van der Waals surface area contributed by atoms with Gasteiger partial charge in [-0.1, -0.05) is 40.9 Å². The molecule has 0 atom stereocenters. The van der Waals surface area contributed by atoms with Gasteiger partial charge in [0.05, 0.1) is 22.7 Å². The van der Waals surface area contributed by atoms with Crippen LogP contribution in [0.15, 0.2) is 60.2 Å². The molecule has 0 aromatic heterocycles. The molecule has 0 spiro atoms. The monoisotopic (exact) mass is 535 g/mol. The Bertz CT molecular complexity index is 1480. The van der Waals surface area contributed by atoms with Crippen LogP contribution < -0.4 is 19.7 Å². The number of carbonyl (C=O) groups excluding carboxylic acids is 3. The molecule has 1 aliphatic rings. The summed E-state index contributed by atoms with van der Waals surface area (Å²) in [5, 5.41) is 13.2. The van der Waals surface area contributed by atoms with E-state index in [1.807, 2.05) is 26.0 Å². The molecule has 1 heterocycles. The van der Waals surface area contributed by atoms with Crippen molar-refractivity contribution >= 4 is 46.9 Å². The largest absolute Gasteiger partial charge is 0.493 e. The van der Waals surface area contributed by atoms with Crippen LogP contribution in [0.2, 0.25) is 5.02 Å². The lowest BCUT2D eigenvalue weighted by atomic mass is 10.1. The van der Waals surface area contributed by atoms with Crippen LogP contribution in [-0.4, -0.2) is 29.9 Å². The first kappa shape index (κ1) is 26.4. The standard InChI is InChI=1S/C27H22ClN3O7/c1-15-8-16(2)10-18(9-15)14-38-24-22(28)12-17(13-23(24)37-3)11-21-25(32)29-27(34)30(26(21)33)19-4-6-20(7-5-19)31(35)36/h4-13H,14H2,1-3H3,(H,29,32,34)/b21-11+. The van der Waals surface area contributed by atoms with E-state index < -0.39 is 22.8 Å². The second kappa shape index (κ2) is 10.7. The van der Waals surface area contributed by atoms with Crippen molar-refractivity contribution in [2.75, 3.05) is 12.0 Å². The third-order valence-electron chi connectivity index (χ3n) is 5.65. The number of imide groups is 2. The minimum atomic E-state index is -0.975. The van der Waals surface area contributed by atoms with Gasteiger partial charge >= 0.3 is 6.03 Å². The highest BCUT2D eigenvalue weighted by Gasteiger charge is 2.37. The van der Waals surface area contributed by atoms with E-state index in [1.165, 1.54) is 31.4 Å². The lowest BCUT2D eigenvalue weighted by Crippen LogP contribution is -2.54. The number of nitro benzene ring substituents is 1. The third-order valence-corrected chi connectivity index (χ3v) is 5.93. The van der Waals surface area contributed by atoms with Crippen LogP contribution in [0, 0.1) is 24.0 Å². The minimum Gasteiger partial charge on any atom is -0.493 e. The number of benzene rings is 3. The third kappa shape index (κ3) is 5.50. The molecule has 0 aliphatic carbocycles. The minimum absolute atomic E-state index is 0.0576. The second-order valence-electron chi connectivity index (χ2n) is 8.55. The number of carbonyl (C=O) groups is 3. The average molecular weight is 536 g/mol. The molecule has 4 amide bonds. The maximum absolute atomic E-state index is 13.1. The Labute approximate surface area is 222 Å². The van der Waals surface area contributed by atoms with Gasteiger partial charge in [-0.15, -0.1) is 0 Å². The van der Waals surface area contributed by atoms with Gasteiger partial charge in [0, 0.05) is 12.1 Å². The number of anilines is 1. The number of halogens is 1. The molecular weight excluding hydrogens is 514 g/mol. The van der Waals surface area contributed by atoms with Gasteiger partial charge in [-0.25, -0.2) is 9.69 Å². The molecule has 0 radical (unpaired) electrons. The molecule has 194 valence electrons. The quantitative estimate of drug-likeness (QED) is 0.192. The number of hydrogen-bond acceptors (Lipinski definition) is 7. The van der Waals surface area contributed by atoms with Gasteiger partial charge in [-0.2, -0.15) is 0 Å². The van der Waals surface area contributed by atoms with Crippen LogP contribution in [0.25, 0.3) is 6.08 Å². The van der Waals surface area contributed by atoms with Gasteiger partial charge in [-0.3, -0.25) is 25.0 Å². The van der Waals surface area contributed by atoms with E-state index in [0.29, 0.717) is 5.56 Å². The van der Waals surface area contributed by atoms with Gasteiger partial charge < -0.3 is 9.47 Å². The number of rotatable bonds is 7. The number of nitrogens with one attached hydrogen (secondary N) is 1. The van der Waals surface area contributed by atoms with Crippen LogP contribution >= 0.6 is 11.6 Å². The van der Waals surface area contributed by atoms with Crippen LogP contribution in [0.3, 0.4) is 0 Å². The maximum Gasteiger partial charge on any atom is 0.335 e. The summed E-state index contributed by atoms with van der Waals surface area (Å²) in [5.41, 5.74) is 2.99. The van der Waals surface area contributed by atoms with Crippen LogP contribution in [0.4, 0.5) is 16.2 Å². The van der Waals surface area contributed by atoms with E-state index in [0.717, 1.165) is 33.7 Å². The normalized spacial score (nSPS) is 14.5. The summed E-state index contributed by atoms with van der Waals surface area (Å²) in [5.74, 6) is -1.24. The van der Waals surface area contributed by atoms with Crippen LogP contribution in [0.1, 0.15) is 22.3 Å². The van der Waals surface area contributed by atoms with Crippen molar-refractivity contribution in [3.63, 3.8) is 0 Å². The number of methoxy groups -OCH3 is 1. The summed E-state index contributed by atoms with van der Waals surface area (Å²) in [7, 11) is 1.43. The average Bonchev–Trinajstić information content (AvgIpc) is 2.85. The lowest BCUT2D eigenvalue weighted by Gasteiger charge is -2.26. The number of non-ortho nitro benzene ring substituents is 1. The Balaban J connectivity index is 1.63. The molecule has 1 fully saturated rings. The van der Waals surface area contributed by atoms with Crippen molar-refractivity contribution in [1.29, 1.82) is 0 Å². The van der Waals surface area contributed by atoms with Gasteiger partial charge in [-0.05, 0) is 55.3 Å². The molecular formula is C27H22ClN3O7. The van der Waals surface area contributed by atoms with Crippen molar-refractivity contribution in [2.45, 2.75) is 20.5 Å². The second-order valence-corrected chi connectivity index (χ2v) is 8.96. The number of ether oxygens (including phenoxy) is 2. The zero-order chi connectivity index (χ0) is 27.6. The highest BCUT2D eigenvalue weighted by atomic mass is 35.5.